The summed E-state index contributed by atoms with van der Waals surface area (Å²) in [7, 11) is 0. The molecule has 0 bridgehead atoms. The van der Waals surface area contributed by atoms with E-state index in [1.54, 1.807) is 13.8 Å². The minimum atomic E-state index is -0.174. The van der Waals surface area contributed by atoms with Crippen molar-refractivity contribution in [3.05, 3.63) is 0 Å². The van der Waals surface area contributed by atoms with Gasteiger partial charge in [0.25, 0.3) is 0 Å². The number of ether oxygens (including phenoxy) is 2. The first-order valence-electron chi connectivity index (χ1n) is 6.73. The summed E-state index contributed by atoms with van der Waals surface area (Å²) in [4.78, 5) is 22.8. The van der Waals surface area contributed by atoms with E-state index in [2.05, 4.69) is 5.32 Å². The van der Waals surface area contributed by atoms with Gasteiger partial charge < -0.3 is 14.8 Å². The lowest BCUT2D eigenvalue weighted by molar-refractivity contribution is -0.144. The van der Waals surface area contributed by atoms with E-state index in [0.29, 0.717) is 26.1 Å². The van der Waals surface area contributed by atoms with E-state index in [9.17, 15) is 9.59 Å². The summed E-state index contributed by atoms with van der Waals surface area (Å²) in [5.41, 5.74) is 0. The van der Waals surface area contributed by atoms with E-state index in [4.69, 9.17) is 9.47 Å². The van der Waals surface area contributed by atoms with E-state index >= 15 is 0 Å². The molecule has 1 aliphatic rings. The minimum absolute atomic E-state index is 0.122. The van der Waals surface area contributed by atoms with Crippen LogP contribution in [0.4, 0.5) is 0 Å². The van der Waals surface area contributed by atoms with E-state index in [1.807, 2.05) is 0 Å². The van der Waals surface area contributed by atoms with Gasteiger partial charge in [0.1, 0.15) is 0 Å². The van der Waals surface area contributed by atoms with E-state index < -0.39 is 0 Å². The van der Waals surface area contributed by atoms with E-state index in [1.165, 1.54) is 0 Å². The topological polar surface area (TPSA) is 64.6 Å². The summed E-state index contributed by atoms with van der Waals surface area (Å²) in [6.07, 6.45) is 3.71. The fourth-order valence-electron chi connectivity index (χ4n) is 2.27. The van der Waals surface area contributed by atoms with Gasteiger partial charge in [0.15, 0.2) is 0 Å². The van der Waals surface area contributed by atoms with Crippen molar-refractivity contribution < 1.29 is 19.1 Å². The van der Waals surface area contributed by atoms with Crippen molar-refractivity contribution in [3.63, 3.8) is 0 Å². The zero-order valence-corrected chi connectivity index (χ0v) is 11.2. The second-order valence-electron chi connectivity index (χ2n) is 4.51. The van der Waals surface area contributed by atoms with Crippen LogP contribution in [0.5, 0.6) is 0 Å². The van der Waals surface area contributed by atoms with Gasteiger partial charge in [0.2, 0.25) is 0 Å². The van der Waals surface area contributed by atoms with Crippen LogP contribution >= 0.6 is 0 Å². The molecule has 104 valence electrons. The summed E-state index contributed by atoms with van der Waals surface area (Å²) in [5, 5.41) is 3.33. The van der Waals surface area contributed by atoms with Crippen molar-refractivity contribution in [1.82, 2.24) is 5.32 Å². The molecule has 0 saturated carbocycles. The summed E-state index contributed by atoms with van der Waals surface area (Å²) >= 11 is 0. The average molecular weight is 257 g/mol. The first-order valence-corrected chi connectivity index (χ1v) is 6.73. The standard InChI is InChI=1S/C13H23NO4/c1-3-17-12(15)8-10-6-5-7-11(14-10)9-13(16)18-4-2/h10-11,14H,3-9H2,1-2H3. The lowest BCUT2D eigenvalue weighted by atomic mass is 9.95. The maximum absolute atomic E-state index is 11.4. The molecule has 0 aromatic rings. The van der Waals surface area contributed by atoms with E-state index in [-0.39, 0.29) is 24.0 Å². The number of hydrogen-bond acceptors (Lipinski definition) is 5. The monoisotopic (exact) mass is 257 g/mol. The lowest BCUT2D eigenvalue weighted by Crippen LogP contribution is -2.44. The number of carbonyl (C=O) groups excluding carboxylic acids is 2. The molecule has 1 N–H and O–H groups in total. The normalized spacial score (nSPS) is 23.4. The second kappa shape index (κ2) is 8.08. The van der Waals surface area contributed by atoms with Crippen molar-refractivity contribution in [2.24, 2.45) is 0 Å². The lowest BCUT2D eigenvalue weighted by Gasteiger charge is -2.30. The highest BCUT2D eigenvalue weighted by molar-refractivity contribution is 5.71. The Hall–Kier alpha value is -1.10. The van der Waals surface area contributed by atoms with Gasteiger partial charge >= 0.3 is 11.9 Å². The van der Waals surface area contributed by atoms with Crippen LogP contribution in [0.3, 0.4) is 0 Å². The molecule has 2 atom stereocenters. The Balaban J connectivity index is 2.31. The van der Waals surface area contributed by atoms with Crippen molar-refractivity contribution >= 4 is 11.9 Å². The van der Waals surface area contributed by atoms with Crippen LogP contribution in [0.1, 0.15) is 46.0 Å². The minimum Gasteiger partial charge on any atom is -0.466 e. The van der Waals surface area contributed by atoms with Crippen LogP contribution in [0.15, 0.2) is 0 Å². The molecule has 1 aliphatic heterocycles. The molecule has 0 aliphatic carbocycles. The van der Waals surface area contributed by atoms with E-state index in [0.717, 1.165) is 19.3 Å². The molecule has 1 heterocycles. The van der Waals surface area contributed by atoms with Crippen LogP contribution in [0.25, 0.3) is 0 Å². The number of carbonyl (C=O) groups is 2. The van der Waals surface area contributed by atoms with Crippen molar-refractivity contribution in [3.8, 4) is 0 Å². The summed E-state index contributed by atoms with van der Waals surface area (Å²) < 4.78 is 9.86. The third-order valence-electron chi connectivity index (χ3n) is 3.01. The predicted molar refractivity (Wildman–Crippen MR) is 67.1 cm³/mol. The number of esters is 2. The average Bonchev–Trinajstić information content (AvgIpc) is 2.29. The molecule has 1 rings (SSSR count). The Kier molecular flexibility index (Phi) is 6.72. The van der Waals surface area contributed by atoms with Gasteiger partial charge in [-0.15, -0.1) is 0 Å². The summed E-state index contributed by atoms with van der Waals surface area (Å²) in [6, 6.07) is 0.245. The molecule has 0 spiro atoms. The van der Waals surface area contributed by atoms with Gasteiger partial charge in [-0.1, -0.05) is 6.42 Å². The van der Waals surface area contributed by atoms with Crippen LogP contribution in [0.2, 0.25) is 0 Å². The zero-order valence-electron chi connectivity index (χ0n) is 11.2. The number of piperidine rings is 1. The molecule has 5 heteroatoms. The highest BCUT2D eigenvalue weighted by Crippen LogP contribution is 2.18. The second-order valence-corrected chi connectivity index (χ2v) is 4.51. The SMILES string of the molecule is CCOC(=O)CC1CCCC(CC(=O)OCC)N1. The maximum Gasteiger partial charge on any atom is 0.307 e. The summed E-state index contributed by atoms with van der Waals surface area (Å²) in [6.45, 7) is 4.43. The van der Waals surface area contributed by atoms with Gasteiger partial charge in [-0.25, -0.2) is 0 Å². The zero-order chi connectivity index (χ0) is 13.4. The van der Waals surface area contributed by atoms with Gasteiger partial charge in [-0.3, -0.25) is 9.59 Å². The van der Waals surface area contributed by atoms with Crippen LogP contribution in [0, 0.1) is 0 Å². The Morgan fingerprint density at radius 1 is 1.00 bits per heavy atom. The highest BCUT2D eigenvalue weighted by Gasteiger charge is 2.25. The van der Waals surface area contributed by atoms with Gasteiger partial charge in [0, 0.05) is 12.1 Å². The smallest absolute Gasteiger partial charge is 0.307 e. The molecule has 0 aromatic heterocycles. The number of hydrogen-bond donors (Lipinski definition) is 1. The van der Waals surface area contributed by atoms with Crippen molar-refractivity contribution in [2.45, 2.75) is 58.0 Å². The predicted octanol–water partition coefficient (Wildman–Crippen LogP) is 1.40. The molecule has 0 aromatic carbocycles. The Bertz CT molecular complexity index is 254. The Morgan fingerprint density at radius 3 is 1.83 bits per heavy atom. The van der Waals surface area contributed by atoms with Crippen molar-refractivity contribution in [1.29, 1.82) is 0 Å². The highest BCUT2D eigenvalue weighted by atomic mass is 16.5. The Labute approximate surface area is 108 Å². The third-order valence-corrected chi connectivity index (χ3v) is 3.01. The first-order chi connectivity index (χ1) is 8.65. The van der Waals surface area contributed by atoms with Gasteiger partial charge in [0.05, 0.1) is 26.1 Å². The Morgan fingerprint density at radius 2 is 1.44 bits per heavy atom. The van der Waals surface area contributed by atoms with Crippen molar-refractivity contribution in [2.75, 3.05) is 13.2 Å². The number of nitrogens with one attached hydrogen (secondary N) is 1. The van der Waals surface area contributed by atoms with Crippen LogP contribution < -0.4 is 5.32 Å². The molecule has 2 unspecified atom stereocenters. The van der Waals surface area contributed by atoms with Gasteiger partial charge in [-0.2, -0.15) is 0 Å². The maximum atomic E-state index is 11.4. The quantitative estimate of drug-likeness (QED) is 0.729. The molecule has 18 heavy (non-hydrogen) atoms. The molecule has 5 nitrogen and oxygen atoms in total. The van der Waals surface area contributed by atoms with Gasteiger partial charge in [-0.05, 0) is 26.7 Å². The molecule has 1 fully saturated rings. The fraction of sp³-hybridized carbons (Fsp3) is 0.846. The molecule has 0 radical (unpaired) electrons. The van der Waals surface area contributed by atoms with Crippen LogP contribution in [-0.4, -0.2) is 37.2 Å². The van der Waals surface area contributed by atoms with Crippen LogP contribution in [-0.2, 0) is 19.1 Å². The third kappa shape index (κ3) is 5.49. The molecule has 1 saturated heterocycles. The molecular formula is C13H23NO4. The molecular weight excluding hydrogens is 234 g/mol. The summed E-state index contributed by atoms with van der Waals surface area (Å²) in [5.74, 6) is -0.349. The largest absolute Gasteiger partial charge is 0.466 e. The number of rotatable bonds is 6. The fourth-order valence-corrected chi connectivity index (χ4v) is 2.27. The molecule has 0 amide bonds. The first kappa shape index (κ1) is 15.0.